The highest BCUT2D eigenvalue weighted by Crippen LogP contribution is 2.32. The number of benzene rings is 2. The minimum Gasteiger partial charge on any atom is -0.485 e. The van der Waals surface area contributed by atoms with E-state index < -0.39 is 30.6 Å². The molecule has 34 heavy (non-hydrogen) atoms. The van der Waals surface area contributed by atoms with Crippen molar-refractivity contribution in [2.24, 2.45) is 0 Å². The molecule has 1 fully saturated rings. The van der Waals surface area contributed by atoms with Crippen LogP contribution >= 0.6 is 0 Å². The zero-order chi connectivity index (χ0) is 23.9. The summed E-state index contributed by atoms with van der Waals surface area (Å²) in [5.74, 6) is -0.750. The zero-order valence-electron chi connectivity index (χ0n) is 18.0. The van der Waals surface area contributed by atoms with Crippen molar-refractivity contribution in [2.75, 3.05) is 32.8 Å². The number of ether oxygens (including phenoxy) is 2. The number of alkyl halides is 3. The summed E-state index contributed by atoms with van der Waals surface area (Å²) in [5, 5.41) is 0. The number of nitrogens with zero attached hydrogens (tertiary/aromatic N) is 4. The lowest BCUT2D eigenvalue weighted by Gasteiger charge is -2.37. The molecule has 0 spiro atoms. The van der Waals surface area contributed by atoms with Crippen molar-refractivity contribution in [3.05, 3.63) is 54.4 Å². The van der Waals surface area contributed by atoms with Gasteiger partial charge in [0.25, 0.3) is 5.91 Å². The number of fused-ring (bicyclic) bond motifs is 2. The quantitative estimate of drug-likeness (QED) is 0.583. The molecule has 0 N–H and O–H groups in total. The Morgan fingerprint density at radius 1 is 0.941 bits per heavy atom. The first-order valence-corrected chi connectivity index (χ1v) is 10.8. The first-order chi connectivity index (χ1) is 16.3. The number of piperazine rings is 1. The van der Waals surface area contributed by atoms with Crippen LogP contribution in [0.25, 0.3) is 11.0 Å². The third kappa shape index (κ3) is 4.13. The van der Waals surface area contributed by atoms with Crippen LogP contribution in [-0.2, 0) is 22.3 Å². The maximum absolute atomic E-state index is 13.5. The Labute approximate surface area is 192 Å². The van der Waals surface area contributed by atoms with Gasteiger partial charge in [-0.3, -0.25) is 9.59 Å². The molecule has 178 valence electrons. The van der Waals surface area contributed by atoms with E-state index in [1.165, 1.54) is 17.0 Å². The van der Waals surface area contributed by atoms with Crippen LogP contribution < -0.4 is 9.47 Å². The molecular formula is C23H21F3N4O4. The van der Waals surface area contributed by atoms with Gasteiger partial charge in [-0.2, -0.15) is 13.2 Å². The Kier molecular flexibility index (Phi) is 5.54. The Hall–Kier alpha value is -3.76. The van der Waals surface area contributed by atoms with E-state index in [0.29, 0.717) is 11.5 Å². The van der Waals surface area contributed by atoms with Gasteiger partial charge in [0.15, 0.2) is 11.5 Å². The van der Waals surface area contributed by atoms with Crippen molar-refractivity contribution < 1.29 is 32.2 Å². The van der Waals surface area contributed by atoms with Gasteiger partial charge in [0, 0.05) is 26.2 Å². The predicted molar refractivity (Wildman–Crippen MR) is 114 cm³/mol. The molecule has 5 rings (SSSR count). The van der Waals surface area contributed by atoms with Gasteiger partial charge in [-0.05, 0) is 24.3 Å². The molecule has 1 saturated heterocycles. The van der Waals surface area contributed by atoms with Crippen LogP contribution in [0.15, 0.2) is 48.5 Å². The number of aromatic nitrogens is 2. The number of halogens is 3. The summed E-state index contributed by atoms with van der Waals surface area (Å²) in [7, 11) is 0. The minimum absolute atomic E-state index is 0.0862. The lowest BCUT2D eigenvalue weighted by atomic mass is 10.2. The molecule has 0 bridgehead atoms. The minimum atomic E-state index is -4.69. The smallest absolute Gasteiger partial charge is 0.449 e. The molecule has 2 aliphatic heterocycles. The van der Waals surface area contributed by atoms with Crippen LogP contribution in [0.2, 0.25) is 0 Å². The van der Waals surface area contributed by atoms with Gasteiger partial charge < -0.3 is 23.8 Å². The van der Waals surface area contributed by atoms with E-state index in [-0.39, 0.29) is 49.7 Å². The second-order valence-corrected chi connectivity index (χ2v) is 8.08. The second-order valence-electron chi connectivity index (χ2n) is 8.08. The molecule has 0 unspecified atom stereocenters. The maximum Gasteiger partial charge on any atom is 0.449 e. The SMILES string of the molecule is O=C(Cn1c(C(F)(F)F)nc2ccccc21)N1CCN(C(=O)[C@@H]2COc3ccccc3O2)CC1. The lowest BCUT2D eigenvalue weighted by Crippen LogP contribution is -2.55. The van der Waals surface area contributed by atoms with Gasteiger partial charge in [0.05, 0.1) is 11.0 Å². The molecule has 0 aliphatic carbocycles. The van der Waals surface area contributed by atoms with E-state index in [0.717, 1.165) is 4.57 Å². The molecule has 0 saturated carbocycles. The van der Waals surface area contributed by atoms with Gasteiger partial charge in [-0.25, -0.2) is 4.98 Å². The fourth-order valence-electron chi connectivity index (χ4n) is 4.21. The van der Waals surface area contributed by atoms with E-state index in [2.05, 4.69) is 4.98 Å². The van der Waals surface area contributed by atoms with Crippen molar-refractivity contribution in [3.8, 4) is 11.5 Å². The molecule has 11 heteroatoms. The number of hydrogen-bond donors (Lipinski definition) is 0. The summed E-state index contributed by atoms with van der Waals surface area (Å²) >= 11 is 0. The first-order valence-electron chi connectivity index (χ1n) is 10.8. The molecule has 2 amide bonds. The Morgan fingerprint density at radius 2 is 1.59 bits per heavy atom. The zero-order valence-corrected chi connectivity index (χ0v) is 18.0. The predicted octanol–water partition coefficient (Wildman–Crippen LogP) is 2.57. The molecule has 2 aromatic carbocycles. The highest BCUT2D eigenvalue weighted by molar-refractivity contribution is 5.83. The van der Waals surface area contributed by atoms with Gasteiger partial charge in [0.1, 0.15) is 13.2 Å². The molecule has 2 aliphatic rings. The fourth-order valence-corrected chi connectivity index (χ4v) is 4.21. The van der Waals surface area contributed by atoms with E-state index in [1.807, 2.05) is 6.07 Å². The number of amides is 2. The van der Waals surface area contributed by atoms with Crippen LogP contribution in [0, 0.1) is 0 Å². The Morgan fingerprint density at radius 3 is 2.32 bits per heavy atom. The van der Waals surface area contributed by atoms with Crippen LogP contribution in [0.3, 0.4) is 0 Å². The van der Waals surface area contributed by atoms with Crippen LogP contribution in [0.5, 0.6) is 11.5 Å². The van der Waals surface area contributed by atoms with E-state index >= 15 is 0 Å². The van der Waals surface area contributed by atoms with Crippen molar-refractivity contribution in [1.29, 1.82) is 0 Å². The average Bonchev–Trinajstić information content (AvgIpc) is 3.22. The molecule has 1 atom stereocenters. The topological polar surface area (TPSA) is 76.9 Å². The second kappa shape index (κ2) is 8.54. The Bertz CT molecular complexity index is 1230. The first kappa shape index (κ1) is 22.1. The molecule has 0 radical (unpaired) electrons. The highest BCUT2D eigenvalue weighted by atomic mass is 19.4. The van der Waals surface area contributed by atoms with Gasteiger partial charge in [-0.1, -0.05) is 24.3 Å². The largest absolute Gasteiger partial charge is 0.485 e. The fraction of sp³-hybridized carbons (Fsp3) is 0.348. The highest BCUT2D eigenvalue weighted by Gasteiger charge is 2.39. The normalized spacial score (nSPS) is 18.3. The summed E-state index contributed by atoms with van der Waals surface area (Å²) in [6.07, 6.45) is -5.48. The summed E-state index contributed by atoms with van der Waals surface area (Å²) < 4.78 is 52.8. The number of rotatable bonds is 3. The van der Waals surface area contributed by atoms with Crippen molar-refractivity contribution in [2.45, 2.75) is 18.8 Å². The third-order valence-electron chi connectivity index (χ3n) is 5.93. The van der Waals surface area contributed by atoms with Gasteiger partial charge >= 0.3 is 6.18 Å². The molecule has 3 aromatic rings. The molecule has 1 aromatic heterocycles. The maximum atomic E-state index is 13.5. The lowest BCUT2D eigenvalue weighted by molar-refractivity contribution is -0.150. The summed E-state index contributed by atoms with van der Waals surface area (Å²) in [6, 6.07) is 13.3. The van der Waals surface area contributed by atoms with E-state index in [1.54, 1.807) is 35.2 Å². The Balaban J connectivity index is 1.23. The third-order valence-corrected chi connectivity index (χ3v) is 5.93. The molecule has 3 heterocycles. The number of imidazole rings is 1. The van der Waals surface area contributed by atoms with Crippen LogP contribution in [0.4, 0.5) is 13.2 Å². The monoisotopic (exact) mass is 474 g/mol. The summed E-state index contributed by atoms with van der Waals surface area (Å²) in [6.45, 7) is 0.528. The van der Waals surface area contributed by atoms with Crippen molar-refractivity contribution >= 4 is 22.8 Å². The van der Waals surface area contributed by atoms with Crippen molar-refractivity contribution in [1.82, 2.24) is 19.4 Å². The number of carbonyl (C=O) groups excluding carboxylic acids is 2. The van der Waals surface area contributed by atoms with Crippen LogP contribution in [-0.4, -0.2) is 70.1 Å². The molecule has 8 nitrogen and oxygen atoms in total. The summed E-state index contributed by atoms with van der Waals surface area (Å²) in [4.78, 5) is 32.5. The number of hydrogen-bond acceptors (Lipinski definition) is 5. The standard InChI is InChI=1S/C23H21F3N4O4/c24-23(25,26)22-27-15-5-1-2-6-16(15)30(22)13-20(31)28-9-11-29(12-10-28)21(32)19-14-33-17-7-3-4-8-18(17)34-19/h1-8,19H,9-14H2/t19-/m0/s1. The van der Waals surface area contributed by atoms with E-state index in [4.69, 9.17) is 9.47 Å². The van der Waals surface area contributed by atoms with E-state index in [9.17, 15) is 22.8 Å². The average molecular weight is 474 g/mol. The van der Waals surface area contributed by atoms with Gasteiger partial charge in [-0.15, -0.1) is 0 Å². The number of carbonyl (C=O) groups is 2. The van der Waals surface area contributed by atoms with Gasteiger partial charge in [0.2, 0.25) is 17.8 Å². The van der Waals surface area contributed by atoms with Crippen molar-refractivity contribution in [3.63, 3.8) is 0 Å². The van der Waals surface area contributed by atoms with Crippen LogP contribution in [0.1, 0.15) is 5.82 Å². The summed E-state index contributed by atoms with van der Waals surface area (Å²) in [5.41, 5.74) is 0.418. The number of para-hydroxylation sites is 4. The molecular weight excluding hydrogens is 453 g/mol.